The number of nitrogen functional groups attached to an aromatic ring is 1. The van der Waals surface area contributed by atoms with E-state index in [9.17, 15) is 4.79 Å². The number of rotatable bonds is 4. The maximum Gasteiger partial charge on any atom is 0.269 e. The fourth-order valence-electron chi connectivity index (χ4n) is 1.48. The van der Waals surface area contributed by atoms with Crippen molar-refractivity contribution in [1.29, 1.82) is 0 Å². The van der Waals surface area contributed by atoms with Gasteiger partial charge >= 0.3 is 0 Å². The van der Waals surface area contributed by atoms with Crippen molar-refractivity contribution in [3.05, 3.63) is 27.8 Å². The molecule has 0 aliphatic heterocycles. The highest BCUT2D eigenvalue weighted by Crippen LogP contribution is 2.20. The largest absolute Gasteiger partial charge is 0.382 e. The van der Waals surface area contributed by atoms with Gasteiger partial charge in [0.05, 0.1) is 6.04 Å². The zero-order chi connectivity index (χ0) is 13.1. The Morgan fingerprint density at radius 2 is 2.44 bits per heavy atom. The van der Waals surface area contributed by atoms with Crippen molar-refractivity contribution in [2.45, 2.75) is 26.3 Å². The number of nitrogens with zero attached hydrogens (tertiary/aromatic N) is 2. The fourth-order valence-corrected chi connectivity index (χ4v) is 2.34. The van der Waals surface area contributed by atoms with E-state index in [2.05, 4.69) is 27.4 Å². The van der Waals surface area contributed by atoms with Crippen LogP contribution in [0.3, 0.4) is 0 Å². The Kier molecular flexibility index (Phi) is 3.61. The van der Waals surface area contributed by atoms with Crippen LogP contribution in [0.4, 0.5) is 5.82 Å². The van der Waals surface area contributed by atoms with Crippen LogP contribution in [0.25, 0.3) is 0 Å². The lowest BCUT2D eigenvalue weighted by Crippen LogP contribution is -2.26. The first-order valence-corrected chi connectivity index (χ1v) is 6.48. The van der Waals surface area contributed by atoms with Gasteiger partial charge in [0.2, 0.25) is 0 Å². The number of nitrogens with one attached hydrogen (secondary N) is 2. The Labute approximate surface area is 109 Å². The average Bonchev–Trinajstić information content (AvgIpc) is 2.97. The third-order valence-electron chi connectivity index (χ3n) is 2.48. The topological polar surface area (TPSA) is 96.7 Å². The summed E-state index contributed by atoms with van der Waals surface area (Å²) in [5.74, 6) is 0.0651. The number of amides is 1. The molecule has 1 atom stereocenters. The van der Waals surface area contributed by atoms with E-state index < -0.39 is 0 Å². The minimum atomic E-state index is -0.236. The number of hydrogen-bond acceptors (Lipinski definition) is 5. The molecular weight excluding hydrogens is 250 g/mol. The number of hydrogen-bond donors (Lipinski definition) is 3. The average molecular weight is 265 g/mol. The molecule has 2 heterocycles. The van der Waals surface area contributed by atoms with E-state index >= 15 is 0 Å². The van der Waals surface area contributed by atoms with E-state index in [-0.39, 0.29) is 11.9 Å². The molecule has 2 aromatic rings. The van der Waals surface area contributed by atoms with Crippen molar-refractivity contribution in [3.8, 4) is 0 Å². The highest BCUT2D eigenvalue weighted by Gasteiger charge is 2.15. The molecule has 18 heavy (non-hydrogen) atoms. The number of thiazole rings is 1. The molecule has 1 unspecified atom stereocenters. The molecule has 0 saturated heterocycles. The summed E-state index contributed by atoms with van der Waals surface area (Å²) in [5.41, 5.74) is 5.80. The number of aromatic amines is 1. The number of aryl methyl sites for hydroxylation is 1. The summed E-state index contributed by atoms with van der Waals surface area (Å²) < 4.78 is 0. The Balaban J connectivity index is 2.02. The number of H-pyrrole nitrogens is 1. The summed E-state index contributed by atoms with van der Waals surface area (Å²) in [6, 6.07) is 1.37. The van der Waals surface area contributed by atoms with Crippen LogP contribution in [-0.2, 0) is 6.42 Å². The summed E-state index contributed by atoms with van der Waals surface area (Å²) in [6.45, 7) is 3.98. The molecule has 0 bridgehead atoms. The van der Waals surface area contributed by atoms with Gasteiger partial charge in [-0.15, -0.1) is 11.3 Å². The van der Waals surface area contributed by atoms with E-state index in [1.54, 1.807) is 11.3 Å². The zero-order valence-corrected chi connectivity index (χ0v) is 11.0. The van der Waals surface area contributed by atoms with Crippen LogP contribution in [0.2, 0.25) is 0 Å². The summed E-state index contributed by atoms with van der Waals surface area (Å²) in [5, 5.41) is 10.0. The van der Waals surface area contributed by atoms with Crippen LogP contribution in [0.15, 0.2) is 12.3 Å². The van der Waals surface area contributed by atoms with Gasteiger partial charge in [0.25, 0.3) is 5.91 Å². The predicted octanol–water partition coefficient (Wildman–Crippen LogP) is 1.50. The van der Waals surface area contributed by atoms with E-state index in [1.165, 1.54) is 10.9 Å². The van der Waals surface area contributed by atoms with Crippen molar-refractivity contribution >= 4 is 23.1 Å². The molecular formula is C11H15N5OS. The van der Waals surface area contributed by atoms with Gasteiger partial charge in [0.15, 0.2) is 0 Å². The Morgan fingerprint density at radius 3 is 3.00 bits per heavy atom. The number of nitrogens with two attached hydrogens (primary N) is 1. The molecule has 0 aromatic carbocycles. The molecule has 0 aliphatic rings. The van der Waals surface area contributed by atoms with Crippen LogP contribution in [-0.4, -0.2) is 21.1 Å². The Bertz CT molecular complexity index is 547. The highest BCUT2D eigenvalue weighted by molar-refractivity contribution is 7.11. The molecule has 2 aromatic heterocycles. The molecule has 0 radical (unpaired) electrons. The van der Waals surface area contributed by atoms with Gasteiger partial charge < -0.3 is 11.1 Å². The Hall–Kier alpha value is -1.89. The number of anilines is 1. The number of carbonyl (C=O) groups is 1. The minimum absolute atomic E-state index is 0.132. The third-order valence-corrected chi connectivity index (χ3v) is 3.80. The second-order valence-corrected chi connectivity index (χ2v) is 5.07. The fraction of sp³-hybridized carbons (Fsp3) is 0.364. The molecule has 2 rings (SSSR count). The van der Waals surface area contributed by atoms with Crippen molar-refractivity contribution in [3.63, 3.8) is 0 Å². The van der Waals surface area contributed by atoms with Gasteiger partial charge in [0, 0.05) is 17.1 Å². The van der Waals surface area contributed by atoms with E-state index in [4.69, 9.17) is 5.73 Å². The van der Waals surface area contributed by atoms with Crippen molar-refractivity contribution in [2.24, 2.45) is 0 Å². The first-order valence-electron chi connectivity index (χ1n) is 5.66. The standard InChI is InChI=1S/C11H15N5OS/c1-3-7-5-13-11(18-7)6(2)14-10(17)8-4-9(12)16-15-8/h4-6H,3H2,1-2H3,(H,14,17)(H3,12,15,16). The van der Waals surface area contributed by atoms with Crippen molar-refractivity contribution in [2.75, 3.05) is 5.73 Å². The molecule has 0 spiro atoms. The van der Waals surface area contributed by atoms with Crippen LogP contribution < -0.4 is 11.1 Å². The zero-order valence-electron chi connectivity index (χ0n) is 10.2. The van der Waals surface area contributed by atoms with Crippen LogP contribution in [0, 0.1) is 0 Å². The minimum Gasteiger partial charge on any atom is -0.382 e. The lowest BCUT2D eigenvalue weighted by molar-refractivity contribution is 0.0935. The quantitative estimate of drug-likeness (QED) is 0.780. The smallest absolute Gasteiger partial charge is 0.269 e. The van der Waals surface area contributed by atoms with Gasteiger partial charge in [-0.05, 0) is 13.3 Å². The van der Waals surface area contributed by atoms with E-state index in [0.29, 0.717) is 11.5 Å². The van der Waals surface area contributed by atoms with Gasteiger partial charge in [-0.25, -0.2) is 4.98 Å². The van der Waals surface area contributed by atoms with Crippen LogP contribution in [0.1, 0.15) is 40.3 Å². The van der Waals surface area contributed by atoms with Crippen molar-refractivity contribution < 1.29 is 4.79 Å². The lowest BCUT2D eigenvalue weighted by atomic mass is 10.3. The third kappa shape index (κ3) is 2.67. The van der Waals surface area contributed by atoms with Gasteiger partial charge in [-0.3, -0.25) is 9.89 Å². The maximum atomic E-state index is 11.9. The second-order valence-electron chi connectivity index (χ2n) is 3.92. The summed E-state index contributed by atoms with van der Waals surface area (Å²) >= 11 is 1.61. The van der Waals surface area contributed by atoms with Crippen molar-refractivity contribution in [1.82, 2.24) is 20.5 Å². The summed E-state index contributed by atoms with van der Waals surface area (Å²) in [4.78, 5) is 17.4. The highest BCUT2D eigenvalue weighted by atomic mass is 32.1. The molecule has 1 amide bonds. The molecule has 4 N–H and O–H groups in total. The molecule has 0 fully saturated rings. The molecule has 7 heteroatoms. The molecule has 0 aliphatic carbocycles. The molecule has 96 valence electrons. The molecule has 6 nitrogen and oxygen atoms in total. The lowest BCUT2D eigenvalue weighted by Gasteiger charge is -2.09. The number of carbonyl (C=O) groups excluding carboxylic acids is 1. The predicted molar refractivity (Wildman–Crippen MR) is 70.4 cm³/mol. The maximum absolute atomic E-state index is 11.9. The van der Waals surface area contributed by atoms with Crippen LogP contribution in [0.5, 0.6) is 0 Å². The number of aromatic nitrogens is 3. The monoisotopic (exact) mass is 265 g/mol. The summed E-state index contributed by atoms with van der Waals surface area (Å²) in [6.07, 6.45) is 2.80. The normalized spacial score (nSPS) is 12.3. The first kappa shape index (κ1) is 12.6. The first-order chi connectivity index (χ1) is 8.60. The SMILES string of the molecule is CCc1cnc(C(C)NC(=O)c2cc(N)n[nH]2)s1. The van der Waals surface area contributed by atoms with E-state index in [1.807, 2.05) is 13.1 Å². The van der Waals surface area contributed by atoms with Gasteiger partial charge in [-0.2, -0.15) is 5.10 Å². The van der Waals surface area contributed by atoms with Gasteiger partial charge in [0.1, 0.15) is 16.5 Å². The van der Waals surface area contributed by atoms with Crippen LogP contribution >= 0.6 is 11.3 Å². The van der Waals surface area contributed by atoms with E-state index in [0.717, 1.165) is 11.4 Å². The van der Waals surface area contributed by atoms with Gasteiger partial charge in [-0.1, -0.05) is 6.92 Å². The Morgan fingerprint density at radius 1 is 1.67 bits per heavy atom. The summed E-state index contributed by atoms with van der Waals surface area (Å²) in [7, 11) is 0. The molecule has 0 saturated carbocycles. The second kappa shape index (κ2) is 5.18.